The van der Waals surface area contributed by atoms with Crippen molar-refractivity contribution in [3.05, 3.63) is 118 Å². The van der Waals surface area contributed by atoms with E-state index >= 15 is 0 Å². The summed E-state index contributed by atoms with van der Waals surface area (Å²) < 4.78 is 5.38. The van der Waals surface area contributed by atoms with E-state index in [9.17, 15) is 9.59 Å². The summed E-state index contributed by atoms with van der Waals surface area (Å²) in [5, 5.41) is 3.74. The van der Waals surface area contributed by atoms with E-state index in [1.807, 2.05) is 93.0 Å². The van der Waals surface area contributed by atoms with Crippen LogP contribution >= 0.6 is 0 Å². The molecule has 6 nitrogen and oxygen atoms in total. The predicted molar refractivity (Wildman–Crippen MR) is 131 cm³/mol. The summed E-state index contributed by atoms with van der Waals surface area (Å²) in [5.74, 6) is -0.302. The first-order valence-corrected chi connectivity index (χ1v) is 10.8. The van der Waals surface area contributed by atoms with Gasteiger partial charge in [0.2, 0.25) is 0 Å². The minimum Gasteiger partial charge on any atom is -0.342 e. The Hall–Kier alpha value is -4.32. The highest BCUT2D eigenvalue weighted by Crippen LogP contribution is 2.24. The molecule has 0 unspecified atom stereocenters. The molecule has 0 aliphatic carbocycles. The molecule has 0 aliphatic rings. The highest BCUT2D eigenvalue weighted by Gasteiger charge is 2.21. The summed E-state index contributed by atoms with van der Waals surface area (Å²) in [6.45, 7) is 2.48. The standard InChI is InChI=1S/C27H24N4O2/c1-19-25(27(33)31(29(19)2)21-13-7-4-8-14-21)28-26(32)23-18-30(17-20-11-5-3-6-12-20)24-16-10-9-15-22(23)24/h3-16,18H,17H2,1-2H3,(H,28,32). The van der Waals surface area contributed by atoms with Crippen molar-refractivity contribution in [1.29, 1.82) is 0 Å². The average Bonchev–Trinajstić information content (AvgIpc) is 3.31. The van der Waals surface area contributed by atoms with Gasteiger partial charge >= 0.3 is 0 Å². The first-order chi connectivity index (χ1) is 16.0. The van der Waals surface area contributed by atoms with Gasteiger partial charge < -0.3 is 9.88 Å². The minimum atomic E-state index is -0.302. The number of rotatable bonds is 5. The van der Waals surface area contributed by atoms with Crippen molar-refractivity contribution in [3.8, 4) is 5.69 Å². The van der Waals surface area contributed by atoms with Crippen LogP contribution < -0.4 is 10.9 Å². The molecule has 0 fully saturated rings. The Labute approximate surface area is 191 Å². The predicted octanol–water partition coefficient (Wildman–Crippen LogP) is 4.74. The lowest BCUT2D eigenvalue weighted by molar-refractivity contribution is 0.102. The van der Waals surface area contributed by atoms with Crippen molar-refractivity contribution in [2.75, 3.05) is 5.32 Å². The Balaban J connectivity index is 1.53. The van der Waals surface area contributed by atoms with Crippen LogP contribution in [0.1, 0.15) is 21.6 Å². The summed E-state index contributed by atoms with van der Waals surface area (Å²) in [7, 11) is 1.81. The van der Waals surface area contributed by atoms with Gasteiger partial charge in [-0.15, -0.1) is 0 Å². The molecule has 1 amide bonds. The number of carbonyl (C=O) groups is 1. The second-order valence-corrected chi connectivity index (χ2v) is 8.06. The van der Waals surface area contributed by atoms with Crippen LogP contribution in [0, 0.1) is 6.92 Å². The monoisotopic (exact) mass is 436 g/mol. The van der Waals surface area contributed by atoms with Crippen LogP contribution in [-0.2, 0) is 13.6 Å². The SMILES string of the molecule is Cc1c(NC(=O)c2cn(Cc3ccccc3)c3ccccc23)c(=O)n(-c2ccccc2)n1C. The molecule has 1 N–H and O–H groups in total. The Kier molecular flexibility index (Phi) is 5.18. The van der Waals surface area contributed by atoms with E-state index in [1.165, 1.54) is 0 Å². The van der Waals surface area contributed by atoms with Gasteiger partial charge in [0.1, 0.15) is 5.69 Å². The third kappa shape index (κ3) is 3.65. The Morgan fingerprint density at radius 1 is 0.879 bits per heavy atom. The number of benzene rings is 3. The lowest BCUT2D eigenvalue weighted by atomic mass is 10.1. The van der Waals surface area contributed by atoms with Crippen LogP contribution in [0.2, 0.25) is 0 Å². The number of aromatic nitrogens is 3. The topological polar surface area (TPSA) is 61.0 Å². The second kappa shape index (κ2) is 8.31. The molecule has 0 bridgehead atoms. The van der Waals surface area contributed by atoms with Gasteiger partial charge in [-0.1, -0.05) is 66.7 Å². The number of anilines is 1. The number of hydrogen-bond donors (Lipinski definition) is 1. The number of hydrogen-bond acceptors (Lipinski definition) is 2. The van der Waals surface area contributed by atoms with E-state index in [4.69, 9.17) is 0 Å². The number of nitrogens with one attached hydrogen (secondary N) is 1. The molecule has 2 aromatic heterocycles. The first-order valence-electron chi connectivity index (χ1n) is 10.8. The van der Waals surface area contributed by atoms with Crippen molar-refractivity contribution in [1.82, 2.24) is 13.9 Å². The maximum Gasteiger partial charge on any atom is 0.295 e. The van der Waals surface area contributed by atoms with Crippen LogP contribution in [0.5, 0.6) is 0 Å². The van der Waals surface area contributed by atoms with Crippen LogP contribution in [0.25, 0.3) is 16.6 Å². The van der Waals surface area contributed by atoms with Crippen molar-refractivity contribution in [3.63, 3.8) is 0 Å². The number of nitrogens with zero attached hydrogens (tertiary/aromatic N) is 3. The van der Waals surface area contributed by atoms with Crippen molar-refractivity contribution >= 4 is 22.5 Å². The molecule has 0 saturated carbocycles. The zero-order chi connectivity index (χ0) is 22.9. The first kappa shape index (κ1) is 20.6. The second-order valence-electron chi connectivity index (χ2n) is 8.06. The Morgan fingerprint density at radius 3 is 2.24 bits per heavy atom. The van der Waals surface area contributed by atoms with Crippen LogP contribution in [0.3, 0.4) is 0 Å². The molecule has 3 aromatic carbocycles. The van der Waals surface area contributed by atoms with Crippen molar-refractivity contribution in [2.24, 2.45) is 7.05 Å². The van der Waals surface area contributed by atoms with Crippen molar-refractivity contribution in [2.45, 2.75) is 13.5 Å². The zero-order valence-corrected chi connectivity index (χ0v) is 18.5. The number of para-hydroxylation sites is 2. The van der Waals surface area contributed by atoms with Gasteiger partial charge in [0.15, 0.2) is 0 Å². The maximum absolute atomic E-state index is 13.4. The number of amides is 1. The molecule has 5 aromatic rings. The molecule has 0 radical (unpaired) electrons. The molecule has 2 heterocycles. The van der Waals surface area contributed by atoms with Gasteiger partial charge in [0.05, 0.1) is 16.9 Å². The van der Waals surface area contributed by atoms with Gasteiger partial charge in [-0.25, -0.2) is 4.68 Å². The van der Waals surface area contributed by atoms with E-state index in [2.05, 4.69) is 22.0 Å². The van der Waals surface area contributed by atoms with Crippen LogP contribution in [0.15, 0.2) is 95.9 Å². The highest BCUT2D eigenvalue weighted by molar-refractivity contribution is 6.13. The molecule has 0 aliphatic heterocycles. The molecule has 164 valence electrons. The van der Waals surface area contributed by atoms with E-state index < -0.39 is 0 Å². The molecule has 6 heteroatoms. The fourth-order valence-electron chi connectivity index (χ4n) is 4.23. The van der Waals surface area contributed by atoms with E-state index in [1.54, 1.807) is 9.36 Å². The normalized spacial score (nSPS) is 11.1. The van der Waals surface area contributed by atoms with E-state index in [0.717, 1.165) is 22.2 Å². The molecular weight excluding hydrogens is 412 g/mol. The van der Waals surface area contributed by atoms with E-state index in [0.29, 0.717) is 17.8 Å². The highest BCUT2D eigenvalue weighted by atomic mass is 16.2. The summed E-state index contributed by atoms with van der Waals surface area (Å²) in [6, 6.07) is 27.3. The number of fused-ring (bicyclic) bond motifs is 1. The van der Waals surface area contributed by atoms with E-state index in [-0.39, 0.29) is 17.2 Å². The third-order valence-electron chi connectivity index (χ3n) is 6.02. The summed E-state index contributed by atoms with van der Waals surface area (Å²) in [4.78, 5) is 26.6. The van der Waals surface area contributed by atoms with Crippen molar-refractivity contribution < 1.29 is 4.79 Å². The summed E-state index contributed by atoms with van der Waals surface area (Å²) >= 11 is 0. The molecule has 0 saturated heterocycles. The van der Waals surface area contributed by atoms with Crippen LogP contribution in [0.4, 0.5) is 5.69 Å². The van der Waals surface area contributed by atoms with Gasteiger partial charge in [0.25, 0.3) is 11.5 Å². The largest absolute Gasteiger partial charge is 0.342 e. The average molecular weight is 437 g/mol. The van der Waals surface area contributed by atoms with Crippen LogP contribution in [-0.4, -0.2) is 19.8 Å². The molecule has 5 rings (SSSR count). The Bertz CT molecular complexity index is 1510. The van der Waals surface area contributed by atoms with Gasteiger partial charge in [-0.3, -0.25) is 14.3 Å². The maximum atomic E-state index is 13.4. The molecule has 0 atom stereocenters. The smallest absolute Gasteiger partial charge is 0.295 e. The number of carbonyl (C=O) groups excluding carboxylic acids is 1. The Morgan fingerprint density at radius 2 is 1.52 bits per heavy atom. The fourth-order valence-corrected chi connectivity index (χ4v) is 4.23. The molecule has 0 spiro atoms. The fraction of sp³-hybridized carbons (Fsp3) is 0.111. The minimum absolute atomic E-state index is 0.262. The summed E-state index contributed by atoms with van der Waals surface area (Å²) in [6.07, 6.45) is 1.86. The van der Waals surface area contributed by atoms with Gasteiger partial charge in [0, 0.05) is 30.7 Å². The molecular formula is C27H24N4O2. The zero-order valence-electron chi connectivity index (χ0n) is 18.5. The van der Waals surface area contributed by atoms with Gasteiger partial charge in [-0.2, -0.15) is 0 Å². The summed E-state index contributed by atoms with van der Waals surface area (Å²) in [5.41, 5.74) is 4.11. The molecule has 33 heavy (non-hydrogen) atoms. The third-order valence-corrected chi connectivity index (χ3v) is 6.02. The lowest BCUT2D eigenvalue weighted by Gasteiger charge is -2.07. The quantitative estimate of drug-likeness (QED) is 0.433. The lowest BCUT2D eigenvalue weighted by Crippen LogP contribution is -2.22. The van der Waals surface area contributed by atoms with Gasteiger partial charge in [-0.05, 0) is 30.7 Å².